The van der Waals surface area contributed by atoms with E-state index in [1.54, 1.807) is 0 Å². The van der Waals surface area contributed by atoms with Gasteiger partial charge < -0.3 is 9.80 Å². The first-order valence-corrected chi connectivity index (χ1v) is 12.3. The zero-order chi connectivity index (χ0) is 24.2. The molecule has 2 aliphatic rings. The lowest BCUT2D eigenvalue weighted by Gasteiger charge is -2.37. The molecule has 0 saturated carbocycles. The van der Waals surface area contributed by atoms with E-state index in [2.05, 4.69) is 14.9 Å². The van der Waals surface area contributed by atoms with Crippen molar-refractivity contribution < 1.29 is 9.59 Å². The molecule has 1 fully saturated rings. The molecule has 0 atom stereocenters. The van der Waals surface area contributed by atoms with Gasteiger partial charge >= 0.3 is 0 Å². The molecule has 2 heterocycles. The van der Waals surface area contributed by atoms with Crippen LogP contribution in [-0.4, -0.2) is 53.6 Å². The number of amides is 2. The van der Waals surface area contributed by atoms with Gasteiger partial charge in [-0.3, -0.25) is 14.6 Å². The average Bonchev–Trinajstić information content (AvgIpc) is 3.30. The van der Waals surface area contributed by atoms with E-state index in [1.807, 2.05) is 85.0 Å². The molecule has 178 valence electrons. The Balaban J connectivity index is 1.25. The van der Waals surface area contributed by atoms with Crippen molar-refractivity contribution in [2.75, 3.05) is 25.0 Å². The van der Waals surface area contributed by atoms with E-state index in [4.69, 9.17) is 0 Å². The number of benzene rings is 2. The topological polar surface area (TPSA) is 65.9 Å². The fourth-order valence-corrected chi connectivity index (χ4v) is 5.10. The Labute approximate surface area is 206 Å². The van der Waals surface area contributed by atoms with Gasteiger partial charge in [0.15, 0.2) is 0 Å². The molecule has 0 spiro atoms. The highest BCUT2D eigenvalue weighted by atomic mass is 16.2. The van der Waals surface area contributed by atoms with Crippen LogP contribution >= 0.6 is 0 Å². The van der Waals surface area contributed by atoms with Gasteiger partial charge in [-0.05, 0) is 61.1 Å². The third-order valence-corrected chi connectivity index (χ3v) is 7.12. The van der Waals surface area contributed by atoms with Crippen molar-refractivity contribution in [1.82, 2.24) is 9.88 Å². The Morgan fingerprint density at radius 2 is 1.74 bits per heavy atom. The Bertz CT molecular complexity index is 1230. The molecule has 0 bridgehead atoms. The zero-order valence-corrected chi connectivity index (χ0v) is 20.1. The molecule has 1 aliphatic carbocycles. The van der Waals surface area contributed by atoms with Crippen LogP contribution in [0.1, 0.15) is 46.3 Å². The van der Waals surface area contributed by atoms with E-state index in [9.17, 15) is 9.59 Å². The molecular weight excluding hydrogens is 436 g/mol. The molecule has 0 unspecified atom stereocenters. The summed E-state index contributed by atoms with van der Waals surface area (Å²) in [6.45, 7) is 1.83. The normalized spacial score (nSPS) is 16.8. The lowest BCUT2D eigenvalue weighted by atomic mass is 10.0. The van der Waals surface area contributed by atoms with E-state index in [0.717, 1.165) is 61.2 Å². The first-order chi connectivity index (χ1) is 17.1. The smallest absolute Gasteiger partial charge is 0.253 e. The van der Waals surface area contributed by atoms with Crippen molar-refractivity contribution in [3.05, 3.63) is 95.3 Å². The number of nitrogens with zero attached hydrogens (tertiary/aromatic N) is 4. The number of carbonyl (C=O) groups excluding carboxylic acids is 2. The number of rotatable bonds is 5. The van der Waals surface area contributed by atoms with Gasteiger partial charge in [0.25, 0.3) is 5.91 Å². The molecule has 1 aliphatic heterocycles. The molecule has 35 heavy (non-hydrogen) atoms. The van der Waals surface area contributed by atoms with Crippen LogP contribution in [0.4, 0.5) is 5.69 Å². The van der Waals surface area contributed by atoms with E-state index in [-0.39, 0.29) is 17.9 Å². The van der Waals surface area contributed by atoms with Gasteiger partial charge in [-0.2, -0.15) is 0 Å². The number of pyridine rings is 1. The van der Waals surface area contributed by atoms with Crippen LogP contribution in [0, 0.1) is 0 Å². The van der Waals surface area contributed by atoms with Crippen LogP contribution in [0.15, 0.2) is 78.0 Å². The molecule has 2 aromatic carbocycles. The zero-order valence-electron chi connectivity index (χ0n) is 20.1. The molecule has 0 N–H and O–H groups in total. The first-order valence-electron chi connectivity index (χ1n) is 12.3. The summed E-state index contributed by atoms with van der Waals surface area (Å²) in [6, 6.07) is 19.8. The number of anilines is 1. The lowest BCUT2D eigenvalue weighted by Crippen LogP contribution is -2.45. The maximum atomic E-state index is 13.4. The number of fused-ring (bicyclic) bond motifs is 1. The summed E-state index contributed by atoms with van der Waals surface area (Å²) >= 11 is 0. The number of piperidine rings is 1. The van der Waals surface area contributed by atoms with Crippen LogP contribution in [0.2, 0.25) is 0 Å². The predicted molar refractivity (Wildman–Crippen MR) is 138 cm³/mol. The van der Waals surface area contributed by atoms with Crippen molar-refractivity contribution in [3.8, 4) is 0 Å². The van der Waals surface area contributed by atoms with Gasteiger partial charge in [0.05, 0.1) is 12.1 Å². The summed E-state index contributed by atoms with van der Waals surface area (Å²) in [7, 11) is 1.90. The number of aromatic nitrogens is 1. The quantitative estimate of drug-likeness (QED) is 0.562. The molecule has 6 nitrogen and oxygen atoms in total. The highest BCUT2D eigenvalue weighted by molar-refractivity contribution is 6.11. The number of aliphatic imine (C=N–C) groups is 1. The molecule has 0 radical (unpaired) electrons. The Morgan fingerprint density at radius 3 is 2.49 bits per heavy atom. The fraction of sp³-hybridized carbons (Fsp3) is 0.310. The van der Waals surface area contributed by atoms with Gasteiger partial charge in [0.2, 0.25) is 5.91 Å². The molecule has 1 aromatic heterocycles. The number of hydrogen-bond acceptors (Lipinski definition) is 4. The van der Waals surface area contributed by atoms with Gasteiger partial charge in [-0.15, -0.1) is 0 Å². The lowest BCUT2D eigenvalue weighted by molar-refractivity contribution is -0.117. The van der Waals surface area contributed by atoms with Crippen molar-refractivity contribution in [3.63, 3.8) is 0 Å². The van der Waals surface area contributed by atoms with Gasteiger partial charge in [-0.25, -0.2) is 4.99 Å². The van der Waals surface area contributed by atoms with Crippen LogP contribution in [0.3, 0.4) is 0 Å². The summed E-state index contributed by atoms with van der Waals surface area (Å²) in [5.41, 5.74) is 5.69. The van der Waals surface area contributed by atoms with Crippen molar-refractivity contribution >= 4 is 23.2 Å². The molecule has 1 saturated heterocycles. The van der Waals surface area contributed by atoms with Gasteiger partial charge in [0, 0.05) is 55.4 Å². The van der Waals surface area contributed by atoms with E-state index in [1.165, 1.54) is 5.69 Å². The van der Waals surface area contributed by atoms with Crippen molar-refractivity contribution in [2.24, 2.45) is 4.99 Å². The summed E-state index contributed by atoms with van der Waals surface area (Å²) < 4.78 is 0. The maximum absolute atomic E-state index is 13.4. The van der Waals surface area contributed by atoms with Crippen LogP contribution in [0.5, 0.6) is 0 Å². The molecule has 2 amide bonds. The van der Waals surface area contributed by atoms with E-state index >= 15 is 0 Å². The van der Waals surface area contributed by atoms with E-state index in [0.29, 0.717) is 12.0 Å². The van der Waals surface area contributed by atoms with Crippen molar-refractivity contribution in [2.45, 2.75) is 38.1 Å². The maximum Gasteiger partial charge on any atom is 0.253 e. The largest absolute Gasteiger partial charge is 0.371 e. The van der Waals surface area contributed by atoms with Crippen LogP contribution in [-0.2, 0) is 17.6 Å². The highest BCUT2D eigenvalue weighted by Crippen LogP contribution is 2.26. The SMILES string of the molecule is CN(C(=O)c1ccc2c(c1)C(=NC(=O)Cc1ccccc1)CC2)C1CCN(c2ccncc2)CC1. The average molecular weight is 467 g/mol. The minimum Gasteiger partial charge on any atom is -0.371 e. The van der Waals surface area contributed by atoms with Gasteiger partial charge in [-0.1, -0.05) is 36.4 Å². The predicted octanol–water partition coefficient (Wildman–Crippen LogP) is 4.33. The minimum atomic E-state index is -0.145. The second-order valence-corrected chi connectivity index (χ2v) is 9.33. The first kappa shape index (κ1) is 23.0. The van der Waals surface area contributed by atoms with Gasteiger partial charge in [0.1, 0.15) is 0 Å². The third kappa shape index (κ3) is 5.16. The van der Waals surface area contributed by atoms with Crippen molar-refractivity contribution in [1.29, 1.82) is 0 Å². The number of carbonyl (C=O) groups is 2. The Morgan fingerprint density at radius 1 is 1.00 bits per heavy atom. The summed E-state index contributed by atoms with van der Waals surface area (Å²) in [5.74, 6) is -0.120. The number of hydrogen-bond donors (Lipinski definition) is 0. The molecule has 6 heteroatoms. The number of aryl methyl sites for hydroxylation is 1. The summed E-state index contributed by atoms with van der Waals surface area (Å²) in [6.07, 6.45) is 7.36. The highest BCUT2D eigenvalue weighted by Gasteiger charge is 2.27. The summed E-state index contributed by atoms with van der Waals surface area (Å²) in [4.78, 5) is 38.7. The Kier molecular flexibility index (Phi) is 6.70. The minimum absolute atomic E-state index is 0.0250. The second kappa shape index (κ2) is 10.2. The third-order valence-electron chi connectivity index (χ3n) is 7.12. The Hall–Kier alpha value is -3.80. The van der Waals surface area contributed by atoms with Crippen LogP contribution < -0.4 is 4.90 Å². The monoisotopic (exact) mass is 466 g/mol. The fourth-order valence-electron chi connectivity index (χ4n) is 5.10. The molecule has 5 rings (SSSR count). The standard InChI is InChI=1S/C29H30N4O2/c1-32(24-13-17-33(18-14-24)25-11-15-30-16-12-25)29(35)23-8-7-22-9-10-27(26(22)20-23)31-28(34)19-21-5-3-2-4-6-21/h2-8,11-12,15-16,20,24H,9-10,13-14,17-19H2,1H3. The summed E-state index contributed by atoms with van der Waals surface area (Å²) in [5, 5.41) is 0. The van der Waals surface area contributed by atoms with E-state index < -0.39 is 0 Å². The second-order valence-electron chi connectivity index (χ2n) is 9.33. The molecular formula is C29H30N4O2. The molecule has 3 aromatic rings. The van der Waals surface area contributed by atoms with Crippen LogP contribution in [0.25, 0.3) is 0 Å².